The zero-order valence-corrected chi connectivity index (χ0v) is 14.6. The Morgan fingerprint density at radius 2 is 2.00 bits per heavy atom. The van der Waals surface area contributed by atoms with Crippen LogP contribution in [0.4, 0.5) is 11.6 Å². The van der Waals surface area contributed by atoms with Gasteiger partial charge in [-0.3, -0.25) is 4.57 Å². The van der Waals surface area contributed by atoms with Gasteiger partial charge in [0.1, 0.15) is 17.2 Å². The smallest absolute Gasteiger partial charge is 0.167 e. The highest BCUT2D eigenvalue weighted by Crippen LogP contribution is 2.30. The summed E-state index contributed by atoms with van der Waals surface area (Å²) in [5, 5.41) is 2.92. The molecule has 0 aliphatic carbocycles. The van der Waals surface area contributed by atoms with E-state index in [9.17, 15) is 0 Å². The molecular formula is C19H17ClN6. The number of nitrogens with two attached hydrogens (primary N) is 1. The average molecular weight is 366 g/mol. The number of pyridine rings is 2. The van der Waals surface area contributed by atoms with Gasteiger partial charge in [0, 0.05) is 26.2 Å². The lowest BCUT2D eigenvalue weighted by Crippen LogP contribution is -2.02. The monoisotopic (exact) mass is 365 g/mol. The molecule has 6 nitrogen and oxygen atoms in total. The van der Waals surface area contributed by atoms with Crippen molar-refractivity contribution in [2.24, 2.45) is 0 Å². The molecule has 0 aliphatic heterocycles. The summed E-state index contributed by atoms with van der Waals surface area (Å²) in [5.41, 5.74) is 10.1. The predicted molar refractivity (Wildman–Crippen MR) is 106 cm³/mol. The molecule has 130 valence electrons. The number of rotatable bonds is 4. The van der Waals surface area contributed by atoms with E-state index in [2.05, 4.69) is 15.3 Å². The minimum Gasteiger partial charge on any atom is -0.383 e. The Bertz CT molecular complexity index is 1090. The number of hydrogen-bond donors (Lipinski definition) is 2. The van der Waals surface area contributed by atoms with Gasteiger partial charge in [-0.25, -0.2) is 15.0 Å². The maximum absolute atomic E-state index is 7.37. The van der Waals surface area contributed by atoms with E-state index >= 15 is 0 Å². The van der Waals surface area contributed by atoms with Gasteiger partial charge >= 0.3 is 0 Å². The van der Waals surface area contributed by atoms with E-state index in [0.29, 0.717) is 29.0 Å². The molecule has 26 heavy (non-hydrogen) atoms. The molecule has 0 saturated heterocycles. The van der Waals surface area contributed by atoms with Crippen molar-refractivity contribution in [3.63, 3.8) is 0 Å². The number of halogens is 1. The molecule has 3 heterocycles. The van der Waals surface area contributed by atoms with E-state index < -0.39 is 0 Å². The van der Waals surface area contributed by atoms with Crippen molar-refractivity contribution < 1.29 is 1.37 Å². The molecule has 0 amide bonds. The Hall–Kier alpha value is -3.12. The summed E-state index contributed by atoms with van der Waals surface area (Å²) in [5.74, 6) is 2.12. The van der Waals surface area contributed by atoms with Gasteiger partial charge in [-0.15, -0.1) is 11.6 Å². The number of aromatic nitrogens is 4. The number of alkyl halides is 1. The van der Waals surface area contributed by atoms with Crippen LogP contribution in [0.5, 0.6) is 0 Å². The number of hydrogen-bond acceptors (Lipinski definition) is 5. The SMILES string of the molecule is [2H]CNc1ccc2nc(-c3cccnc3N)n(-c3ccc(CCl)cc3)c2n1. The number of fused-ring (bicyclic) bond motifs is 1. The fourth-order valence-corrected chi connectivity index (χ4v) is 3.00. The van der Waals surface area contributed by atoms with Gasteiger partial charge < -0.3 is 11.1 Å². The first kappa shape index (κ1) is 15.2. The fraction of sp³-hybridized carbons (Fsp3) is 0.105. The van der Waals surface area contributed by atoms with Gasteiger partial charge in [0.2, 0.25) is 0 Å². The number of nitrogens with zero attached hydrogens (tertiary/aromatic N) is 4. The Balaban J connectivity index is 2.00. The van der Waals surface area contributed by atoms with Crippen molar-refractivity contribution in [1.82, 2.24) is 19.5 Å². The molecule has 1 aromatic carbocycles. The largest absolute Gasteiger partial charge is 0.383 e. The highest BCUT2D eigenvalue weighted by molar-refractivity contribution is 6.17. The quantitative estimate of drug-likeness (QED) is 0.537. The minimum absolute atomic E-state index is 0.0411. The van der Waals surface area contributed by atoms with Crippen molar-refractivity contribution >= 4 is 34.4 Å². The van der Waals surface area contributed by atoms with Gasteiger partial charge in [0.05, 0.1) is 5.56 Å². The molecule has 0 fully saturated rings. The summed E-state index contributed by atoms with van der Waals surface area (Å²) in [4.78, 5) is 13.6. The summed E-state index contributed by atoms with van der Waals surface area (Å²) >= 11 is 5.92. The van der Waals surface area contributed by atoms with Gasteiger partial charge in [0.25, 0.3) is 0 Å². The van der Waals surface area contributed by atoms with Crippen LogP contribution in [0.1, 0.15) is 6.93 Å². The second-order valence-corrected chi connectivity index (χ2v) is 5.99. The third-order valence-electron chi connectivity index (χ3n) is 4.11. The van der Waals surface area contributed by atoms with Crippen molar-refractivity contribution in [2.45, 2.75) is 5.88 Å². The maximum Gasteiger partial charge on any atom is 0.167 e. The molecule has 3 aromatic heterocycles. The van der Waals surface area contributed by atoms with E-state index in [1.54, 1.807) is 12.3 Å². The highest BCUT2D eigenvalue weighted by atomic mass is 35.5. The molecule has 0 radical (unpaired) electrons. The molecule has 4 rings (SSSR count). The number of benzene rings is 1. The van der Waals surface area contributed by atoms with Gasteiger partial charge in [-0.2, -0.15) is 0 Å². The fourth-order valence-electron chi connectivity index (χ4n) is 2.82. The van der Waals surface area contributed by atoms with Gasteiger partial charge in [-0.05, 0) is 42.0 Å². The van der Waals surface area contributed by atoms with Gasteiger partial charge in [0.15, 0.2) is 11.5 Å². The van der Waals surface area contributed by atoms with E-state index in [4.69, 9.17) is 23.7 Å². The van der Waals surface area contributed by atoms with Crippen LogP contribution in [0, 0.1) is 0 Å². The first-order valence-electron chi connectivity index (χ1n) is 8.70. The van der Waals surface area contributed by atoms with Crippen LogP contribution >= 0.6 is 11.6 Å². The van der Waals surface area contributed by atoms with Crippen LogP contribution in [0.3, 0.4) is 0 Å². The number of imidazole rings is 1. The van der Waals surface area contributed by atoms with Crippen LogP contribution in [0.15, 0.2) is 54.7 Å². The lowest BCUT2D eigenvalue weighted by molar-refractivity contribution is 1.07. The van der Waals surface area contributed by atoms with Gasteiger partial charge in [-0.1, -0.05) is 12.1 Å². The summed E-state index contributed by atoms with van der Waals surface area (Å²) in [6.45, 7) is 0. The lowest BCUT2D eigenvalue weighted by atomic mass is 10.2. The molecular weight excluding hydrogens is 348 g/mol. The number of anilines is 2. The molecule has 3 N–H and O–H groups in total. The van der Waals surface area contributed by atoms with E-state index in [-0.39, 0.29) is 7.02 Å². The van der Waals surface area contributed by atoms with Crippen molar-refractivity contribution in [2.75, 3.05) is 18.1 Å². The number of nitrogen functional groups attached to an aromatic ring is 1. The zero-order valence-electron chi connectivity index (χ0n) is 14.9. The summed E-state index contributed by atoms with van der Waals surface area (Å²) < 4.78 is 9.31. The molecule has 0 unspecified atom stereocenters. The second-order valence-electron chi connectivity index (χ2n) is 5.72. The molecule has 0 spiro atoms. The Labute approximate surface area is 157 Å². The van der Waals surface area contributed by atoms with Crippen LogP contribution in [-0.4, -0.2) is 26.5 Å². The van der Waals surface area contributed by atoms with E-state index in [0.717, 1.165) is 22.3 Å². The highest BCUT2D eigenvalue weighted by Gasteiger charge is 2.18. The molecule has 4 aromatic rings. The number of nitrogens with one attached hydrogen (secondary N) is 1. The molecule has 0 aliphatic rings. The Kier molecular flexibility index (Phi) is 3.88. The first-order chi connectivity index (χ1) is 13.2. The zero-order chi connectivity index (χ0) is 18.8. The summed E-state index contributed by atoms with van der Waals surface area (Å²) in [6.07, 6.45) is 1.65. The topological polar surface area (TPSA) is 81.6 Å². The van der Waals surface area contributed by atoms with Crippen LogP contribution in [0.2, 0.25) is 0 Å². The maximum atomic E-state index is 7.37. The van der Waals surface area contributed by atoms with E-state index in [1.165, 1.54) is 0 Å². The van der Waals surface area contributed by atoms with Crippen molar-refractivity contribution in [3.05, 3.63) is 60.3 Å². The lowest BCUT2D eigenvalue weighted by Gasteiger charge is -2.11. The summed E-state index contributed by atoms with van der Waals surface area (Å²) in [7, 11) is 0.0411. The first-order valence-corrected chi connectivity index (χ1v) is 8.53. The predicted octanol–water partition coefficient (Wildman–Crippen LogP) is 3.85. The average Bonchev–Trinajstić information content (AvgIpc) is 3.07. The van der Waals surface area contributed by atoms with Crippen LogP contribution in [0.25, 0.3) is 28.2 Å². The molecule has 7 heteroatoms. The Morgan fingerprint density at radius 1 is 1.15 bits per heavy atom. The minimum atomic E-state index is 0.0411. The standard InChI is InChI=1S/C19H17ClN6/c1-22-16-9-8-15-19(25-16)26(13-6-4-12(11-20)5-7-13)18(24-15)14-3-2-10-23-17(14)21/h2-10H,11H2,1H3,(H2,21,23)(H,22,25)/i1D. The summed E-state index contributed by atoms with van der Waals surface area (Å²) in [6, 6.07) is 15.3. The normalized spacial score (nSPS) is 11.5. The molecule has 0 saturated carbocycles. The molecule has 0 atom stereocenters. The van der Waals surface area contributed by atoms with Crippen LogP contribution in [-0.2, 0) is 5.88 Å². The second kappa shape index (κ2) is 6.65. The van der Waals surface area contributed by atoms with E-state index in [1.807, 2.05) is 47.0 Å². The van der Waals surface area contributed by atoms with Crippen molar-refractivity contribution in [3.8, 4) is 17.1 Å². The third-order valence-corrected chi connectivity index (χ3v) is 4.42. The van der Waals surface area contributed by atoms with Crippen LogP contribution < -0.4 is 11.1 Å². The molecule has 0 bridgehead atoms. The third kappa shape index (κ3) is 2.74. The van der Waals surface area contributed by atoms with Crippen molar-refractivity contribution in [1.29, 1.82) is 0 Å². The Morgan fingerprint density at radius 3 is 2.73 bits per heavy atom.